The molecule has 7 heteroatoms. The monoisotopic (exact) mass is 366 g/mol. The summed E-state index contributed by atoms with van der Waals surface area (Å²) in [4.78, 5) is 24.1. The Morgan fingerprint density at radius 1 is 1.11 bits per heavy atom. The number of aromatic amines is 1. The van der Waals surface area contributed by atoms with Crippen molar-refractivity contribution >= 4 is 16.8 Å². The highest BCUT2D eigenvalue weighted by atomic mass is 16.5. The van der Waals surface area contributed by atoms with E-state index in [0.29, 0.717) is 17.3 Å². The van der Waals surface area contributed by atoms with Crippen LogP contribution in [0.3, 0.4) is 0 Å². The fraction of sp³-hybridized carbons (Fsp3) is 0.350. The minimum absolute atomic E-state index is 0.0348. The van der Waals surface area contributed by atoms with E-state index in [9.17, 15) is 4.79 Å². The summed E-state index contributed by atoms with van der Waals surface area (Å²) in [6.07, 6.45) is 8.40. The Morgan fingerprint density at radius 2 is 1.85 bits per heavy atom. The average molecular weight is 366 g/mol. The molecule has 1 fully saturated rings. The van der Waals surface area contributed by atoms with Gasteiger partial charge in [0.1, 0.15) is 6.10 Å². The van der Waals surface area contributed by atoms with Crippen LogP contribution in [0.2, 0.25) is 0 Å². The molecule has 1 aromatic carbocycles. The largest absolute Gasteiger partial charge is 0.477 e. The summed E-state index contributed by atoms with van der Waals surface area (Å²) < 4.78 is 11.1. The van der Waals surface area contributed by atoms with Crippen LogP contribution in [-0.2, 0) is 0 Å². The normalized spacial score (nSPS) is 19.6. The first-order valence-electron chi connectivity index (χ1n) is 9.13. The maximum Gasteiger partial charge on any atom is 0.278 e. The maximum atomic E-state index is 12.6. The Kier molecular flexibility index (Phi) is 4.91. The van der Waals surface area contributed by atoms with Gasteiger partial charge in [-0.3, -0.25) is 4.79 Å². The van der Waals surface area contributed by atoms with Crippen molar-refractivity contribution in [1.29, 1.82) is 0 Å². The third-order valence-electron chi connectivity index (χ3n) is 4.95. The number of H-pyrrole nitrogens is 1. The number of carbonyl (C=O) groups excluding carboxylic acids is 1. The number of para-hydroxylation sites is 1. The van der Waals surface area contributed by atoms with Crippen molar-refractivity contribution in [2.45, 2.75) is 37.8 Å². The van der Waals surface area contributed by atoms with Crippen molar-refractivity contribution in [2.75, 3.05) is 7.11 Å². The first-order chi connectivity index (χ1) is 13.2. The van der Waals surface area contributed by atoms with Crippen molar-refractivity contribution in [2.24, 2.45) is 0 Å². The highest BCUT2D eigenvalue weighted by Crippen LogP contribution is 2.27. The van der Waals surface area contributed by atoms with E-state index in [4.69, 9.17) is 9.47 Å². The quantitative estimate of drug-likeness (QED) is 0.724. The van der Waals surface area contributed by atoms with Gasteiger partial charge in [0.15, 0.2) is 0 Å². The minimum atomic E-state index is -0.0348. The molecule has 4 rings (SSSR count). The fourth-order valence-electron chi connectivity index (χ4n) is 3.54. The topological polar surface area (TPSA) is 89.1 Å². The van der Waals surface area contributed by atoms with Gasteiger partial charge in [0, 0.05) is 35.5 Å². The van der Waals surface area contributed by atoms with Crippen LogP contribution in [0.5, 0.6) is 11.8 Å². The molecular formula is C20H22N4O3. The molecule has 0 bridgehead atoms. The summed E-state index contributed by atoms with van der Waals surface area (Å²) in [5, 5.41) is 4.10. The van der Waals surface area contributed by atoms with Crippen LogP contribution in [0.15, 0.2) is 42.9 Å². The molecule has 3 aromatic rings. The number of benzene rings is 1. The minimum Gasteiger partial charge on any atom is -0.477 e. The van der Waals surface area contributed by atoms with E-state index < -0.39 is 0 Å². The smallest absolute Gasteiger partial charge is 0.278 e. The van der Waals surface area contributed by atoms with Gasteiger partial charge < -0.3 is 19.8 Å². The Bertz CT molecular complexity index is 932. The molecule has 1 aliphatic carbocycles. The number of nitrogens with one attached hydrogen (secondary N) is 2. The zero-order chi connectivity index (χ0) is 18.6. The molecule has 7 nitrogen and oxygen atoms in total. The Balaban J connectivity index is 1.33. The number of ether oxygens (including phenoxy) is 2. The Hall–Kier alpha value is -3.09. The number of fused-ring (bicyclic) bond motifs is 1. The molecule has 0 unspecified atom stereocenters. The molecule has 0 atom stereocenters. The molecule has 1 saturated carbocycles. The number of aromatic nitrogens is 3. The fourth-order valence-corrected chi connectivity index (χ4v) is 3.54. The molecule has 0 radical (unpaired) electrons. The summed E-state index contributed by atoms with van der Waals surface area (Å²) in [5.74, 6) is 0.783. The first kappa shape index (κ1) is 17.3. The van der Waals surface area contributed by atoms with Crippen molar-refractivity contribution in [3.8, 4) is 11.8 Å². The lowest BCUT2D eigenvalue weighted by Gasteiger charge is -2.29. The SMILES string of the molecule is COc1nccnc1OC1CCC(NC(=O)c2c[nH]c3ccccc23)CC1. The van der Waals surface area contributed by atoms with E-state index in [1.165, 1.54) is 0 Å². The lowest BCUT2D eigenvalue weighted by atomic mass is 9.92. The molecule has 27 heavy (non-hydrogen) atoms. The van der Waals surface area contributed by atoms with Crippen LogP contribution < -0.4 is 14.8 Å². The van der Waals surface area contributed by atoms with E-state index in [-0.39, 0.29) is 18.1 Å². The lowest BCUT2D eigenvalue weighted by Crippen LogP contribution is -2.39. The predicted octanol–water partition coefficient (Wildman–Crippen LogP) is 3.09. The highest BCUT2D eigenvalue weighted by molar-refractivity contribution is 6.06. The highest BCUT2D eigenvalue weighted by Gasteiger charge is 2.26. The van der Waals surface area contributed by atoms with E-state index in [1.807, 2.05) is 24.3 Å². The van der Waals surface area contributed by atoms with Crippen LogP contribution in [0, 0.1) is 0 Å². The molecule has 0 saturated heterocycles. The van der Waals surface area contributed by atoms with E-state index >= 15 is 0 Å². The summed E-state index contributed by atoms with van der Waals surface area (Å²) in [7, 11) is 1.55. The predicted molar refractivity (Wildman–Crippen MR) is 101 cm³/mol. The van der Waals surface area contributed by atoms with Gasteiger partial charge in [-0.25, -0.2) is 9.97 Å². The van der Waals surface area contributed by atoms with Crippen molar-refractivity contribution in [3.05, 3.63) is 48.4 Å². The summed E-state index contributed by atoms with van der Waals surface area (Å²) in [6, 6.07) is 7.97. The van der Waals surface area contributed by atoms with Gasteiger partial charge in [0.25, 0.3) is 17.7 Å². The molecule has 0 spiro atoms. The third kappa shape index (κ3) is 3.72. The number of carbonyl (C=O) groups is 1. The zero-order valence-electron chi connectivity index (χ0n) is 15.1. The number of nitrogens with zero attached hydrogens (tertiary/aromatic N) is 2. The van der Waals surface area contributed by atoms with Crippen molar-refractivity contribution in [1.82, 2.24) is 20.3 Å². The molecule has 0 aliphatic heterocycles. The van der Waals surface area contributed by atoms with Gasteiger partial charge in [-0.2, -0.15) is 0 Å². The molecule has 2 N–H and O–H groups in total. The van der Waals surface area contributed by atoms with E-state index in [0.717, 1.165) is 36.6 Å². The van der Waals surface area contributed by atoms with Crippen molar-refractivity contribution in [3.63, 3.8) is 0 Å². The second-order valence-electron chi connectivity index (χ2n) is 6.68. The second-order valence-corrected chi connectivity index (χ2v) is 6.68. The molecular weight excluding hydrogens is 344 g/mol. The summed E-state index contributed by atoms with van der Waals surface area (Å²) in [6.45, 7) is 0. The van der Waals surface area contributed by atoms with Gasteiger partial charge in [-0.05, 0) is 31.7 Å². The van der Waals surface area contributed by atoms with Gasteiger partial charge in [-0.15, -0.1) is 0 Å². The molecule has 1 amide bonds. The van der Waals surface area contributed by atoms with Gasteiger partial charge in [-0.1, -0.05) is 18.2 Å². The van der Waals surface area contributed by atoms with Gasteiger partial charge in [0.2, 0.25) is 0 Å². The summed E-state index contributed by atoms with van der Waals surface area (Å²) in [5.41, 5.74) is 1.66. The van der Waals surface area contributed by atoms with Crippen LogP contribution in [-0.4, -0.2) is 40.1 Å². The second kappa shape index (κ2) is 7.65. The number of hydrogen-bond donors (Lipinski definition) is 2. The number of methoxy groups -OCH3 is 1. The Labute approximate surface area is 157 Å². The zero-order valence-corrected chi connectivity index (χ0v) is 15.1. The number of rotatable bonds is 5. The van der Waals surface area contributed by atoms with Gasteiger partial charge in [0.05, 0.1) is 12.7 Å². The third-order valence-corrected chi connectivity index (χ3v) is 4.95. The van der Waals surface area contributed by atoms with Crippen LogP contribution in [0.25, 0.3) is 10.9 Å². The standard InChI is InChI=1S/C20H22N4O3/c1-26-19-20(22-11-10-21-19)27-14-8-6-13(7-9-14)24-18(25)16-12-23-17-5-3-2-4-15(16)17/h2-5,10-14,23H,6-9H2,1H3,(H,24,25). The molecule has 1 aliphatic rings. The first-order valence-corrected chi connectivity index (χ1v) is 9.13. The van der Waals surface area contributed by atoms with Crippen LogP contribution in [0.1, 0.15) is 36.0 Å². The van der Waals surface area contributed by atoms with E-state index in [1.54, 1.807) is 25.7 Å². The van der Waals surface area contributed by atoms with E-state index in [2.05, 4.69) is 20.3 Å². The van der Waals surface area contributed by atoms with Crippen molar-refractivity contribution < 1.29 is 14.3 Å². The van der Waals surface area contributed by atoms with Gasteiger partial charge >= 0.3 is 0 Å². The number of hydrogen-bond acceptors (Lipinski definition) is 5. The molecule has 2 heterocycles. The average Bonchev–Trinajstić information content (AvgIpc) is 3.14. The molecule has 2 aromatic heterocycles. The maximum absolute atomic E-state index is 12.6. The molecule has 140 valence electrons. The van der Waals surface area contributed by atoms with Crippen LogP contribution >= 0.6 is 0 Å². The van der Waals surface area contributed by atoms with Crippen LogP contribution in [0.4, 0.5) is 0 Å². The lowest BCUT2D eigenvalue weighted by molar-refractivity contribution is 0.0888. The number of amides is 1. The summed E-state index contributed by atoms with van der Waals surface area (Å²) >= 11 is 0. The Morgan fingerprint density at radius 3 is 2.63 bits per heavy atom.